The van der Waals surface area contributed by atoms with Crippen LogP contribution in [0.3, 0.4) is 0 Å². The summed E-state index contributed by atoms with van der Waals surface area (Å²) in [6.45, 7) is 2.32. The number of rotatable bonds is 14. The maximum Gasteiger partial charge on any atom is 0.328 e. The van der Waals surface area contributed by atoms with Gasteiger partial charge in [0.2, 0.25) is 0 Å². The van der Waals surface area contributed by atoms with Gasteiger partial charge in [-0.15, -0.1) is 0 Å². The van der Waals surface area contributed by atoms with Crippen molar-refractivity contribution >= 4 is 30.0 Å². The Balaban J connectivity index is 4.02. The summed E-state index contributed by atoms with van der Waals surface area (Å²) in [7, 11) is 0. The highest BCUT2D eigenvalue weighted by molar-refractivity contribution is 5.86. The lowest BCUT2D eigenvalue weighted by atomic mass is 10.3. The third-order valence-corrected chi connectivity index (χ3v) is 3.46. The third kappa shape index (κ3) is 14.6. The molecule has 0 aromatic carbocycles. The Labute approximate surface area is 185 Å². The van der Waals surface area contributed by atoms with E-state index in [1.807, 2.05) is 0 Å². The summed E-state index contributed by atoms with van der Waals surface area (Å²) in [5, 5.41) is 31.2. The number of hydrogen-bond acceptors (Lipinski definition) is 9. The Morgan fingerprint density at radius 2 is 0.969 bits per heavy atom. The SMILES string of the molecule is CC(NC(=O)NC(C)C(=O)OCCNC(=O)NCCO)C(=O)OCCNC(=O)NCCO. The van der Waals surface area contributed by atoms with E-state index >= 15 is 0 Å². The Kier molecular flexibility index (Phi) is 15.6. The van der Waals surface area contributed by atoms with Crippen LogP contribution in [0.15, 0.2) is 0 Å². The van der Waals surface area contributed by atoms with E-state index in [-0.39, 0.29) is 52.6 Å². The van der Waals surface area contributed by atoms with Gasteiger partial charge in [-0.3, -0.25) is 0 Å². The summed E-state index contributed by atoms with van der Waals surface area (Å²) in [5.41, 5.74) is 0. The molecule has 0 fully saturated rings. The zero-order valence-corrected chi connectivity index (χ0v) is 18.1. The lowest BCUT2D eigenvalue weighted by molar-refractivity contribution is -0.145. The molecule has 8 N–H and O–H groups in total. The molecule has 0 aromatic rings. The quantitative estimate of drug-likeness (QED) is 0.0954. The molecule has 0 aliphatic heterocycles. The van der Waals surface area contributed by atoms with Crippen molar-refractivity contribution < 1.29 is 43.7 Å². The molecule has 2 atom stereocenters. The van der Waals surface area contributed by atoms with Crippen LogP contribution < -0.4 is 31.9 Å². The number of carbonyl (C=O) groups excluding carboxylic acids is 5. The van der Waals surface area contributed by atoms with Gasteiger partial charge in [0.25, 0.3) is 0 Å². The van der Waals surface area contributed by atoms with Gasteiger partial charge in [0.1, 0.15) is 25.3 Å². The van der Waals surface area contributed by atoms with Gasteiger partial charge in [-0.25, -0.2) is 24.0 Å². The molecule has 0 aliphatic carbocycles. The Morgan fingerprint density at radius 1 is 0.625 bits per heavy atom. The number of urea groups is 3. The van der Waals surface area contributed by atoms with E-state index < -0.39 is 42.1 Å². The molecule has 0 saturated heterocycles. The predicted molar refractivity (Wildman–Crippen MR) is 109 cm³/mol. The van der Waals surface area contributed by atoms with Crippen LogP contribution in [0.4, 0.5) is 14.4 Å². The smallest absolute Gasteiger partial charge is 0.328 e. The Hall–Kier alpha value is -3.33. The average Bonchev–Trinajstić information content (AvgIpc) is 2.75. The molecule has 0 spiro atoms. The predicted octanol–water partition coefficient (Wildman–Crippen LogP) is -3.27. The van der Waals surface area contributed by atoms with Gasteiger partial charge >= 0.3 is 30.0 Å². The molecule has 2 unspecified atom stereocenters. The van der Waals surface area contributed by atoms with Gasteiger partial charge in [0.15, 0.2) is 0 Å². The zero-order chi connectivity index (χ0) is 24.4. The van der Waals surface area contributed by atoms with Crippen molar-refractivity contribution in [2.75, 3.05) is 52.6 Å². The van der Waals surface area contributed by atoms with Crippen molar-refractivity contribution in [1.29, 1.82) is 0 Å². The molecule has 15 nitrogen and oxygen atoms in total. The summed E-state index contributed by atoms with van der Waals surface area (Å²) in [6, 6.07) is -3.91. The topological polar surface area (TPSA) is 216 Å². The summed E-state index contributed by atoms with van der Waals surface area (Å²) in [6.07, 6.45) is 0. The number of aliphatic hydroxyl groups excluding tert-OH is 2. The number of amides is 6. The highest BCUT2D eigenvalue weighted by Gasteiger charge is 2.21. The standard InChI is InChI=1S/C17H32N6O9/c1-11(13(26)31-9-5-20-15(28)18-3-7-24)22-17(30)23-12(2)14(27)32-10-6-21-16(29)19-4-8-25/h11-12,24-25H,3-10H2,1-2H3,(H2,18,20,28)(H2,19,21,29)(H2,22,23,30). The molecule has 0 aromatic heterocycles. The second kappa shape index (κ2) is 17.4. The molecule has 0 radical (unpaired) electrons. The molecular weight excluding hydrogens is 432 g/mol. The molecule has 184 valence electrons. The molecule has 0 aliphatic rings. The van der Waals surface area contributed by atoms with Crippen molar-refractivity contribution in [2.24, 2.45) is 0 Å². The average molecular weight is 464 g/mol. The summed E-state index contributed by atoms with van der Waals surface area (Å²) >= 11 is 0. The first-order valence-corrected chi connectivity index (χ1v) is 9.86. The van der Waals surface area contributed by atoms with Gasteiger partial charge in [0, 0.05) is 13.1 Å². The van der Waals surface area contributed by atoms with E-state index in [4.69, 9.17) is 19.7 Å². The minimum Gasteiger partial charge on any atom is -0.462 e. The van der Waals surface area contributed by atoms with Crippen molar-refractivity contribution in [3.05, 3.63) is 0 Å². The van der Waals surface area contributed by atoms with Gasteiger partial charge in [-0.2, -0.15) is 0 Å². The second-order valence-corrected chi connectivity index (χ2v) is 6.21. The van der Waals surface area contributed by atoms with Crippen molar-refractivity contribution in [1.82, 2.24) is 31.9 Å². The minimum absolute atomic E-state index is 0.0305. The number of hydrogen-bond donors (Lipinski definition) is 8. The first kappa shape index (κ1) is 28.7. The zero-order valence-electron chi connectivity index (χ0n) is 18.1. The summed E-state index contributed by atoms with van der Waals surface area (Å²) in [4.78, 5) is 58.0. The molecule has 0 bridgehead atoms. The molecule has 15 heteroatoms. The van der Waals surface area contributed by atoms with Gasteiger partial charge in [-0.1, -0.05) is 0 Å². The normalized spacial score (nSPS) is 11.9. The summed E-state index contributed by atoms with van der Waals surface area (Å²) in [5.74, 6) is -1.50. The van der Waals surface area contributed by atoms with Crippen LogP contribution in [-0.2, 0) is 19.1 Å². The van der Waals surface area contributed by atoms with Crippen LogP contribution in [0.2, 0.25) is 0 Å². The first-order valence-electron chi connectivity index (χ1n) is 9.86. The minimum atomic E-state index is -1.02. The molecule has 0 rings (SSSR count). The van der Waals surface area contributed by atoms with E-state index in [0.717, 1.165) is 0 Å². The number of ether oxygens (including phenoxy) is 2. The van der Waals surface area contributed by atoms with E-state index in [1.165, 1.54) is 13.8 Å². The van der Waals surface area contributed by atoms with Crippen LogP contribution in [0.5, 0.6) is 0 Å². The van der Waals surface area contributed by atoms with Crippen LogP contribution in [0.1, 0.15) is 13.8 Å². The van der Waals surface area contributed by atoms with Crippen molar-refractivity contribution in [3.63, 3.8) is 0 Å². The number of aliphatic hydroxyl groups is 2. The number of carbonyl (C=O) groups is 5. The van der Waals surface area contributed by atoms with E-state index in [9.17, 15) is 24.0 Å². The Bertz CT molecular complexity index is 569. The lowest BCUT2D eigenvalue weighted by Gasteiger charge is -2.17. The molecular formula is C17H32N6O9. The van der Waals surface area contributed by atoms with Crippen LogP contribution in [-0.4, -0.2) is 105 Å². The lowest BCUT2D eigenvalue weighted by Crippen LogP contribution is -2.50. The molecule has 32 heavy (non-hydrogen) atoms. The number of esters is 2. The van der Waals surface area contributed by atoms with Gasteiger partial charge in [-0.05, 0) is 13.8 Å². The highest BCUT2D eigenvalue weighted by atomic mass is 16.5. The summed E-state index contributed by atoms with van der Waals surface area (Å²) < 4.78 is 9.81. The fourth-order valence-electron chi connectivity index (χ4n) is 1.90. The van der Waals surface area contributed by atoms with Gasteiger partial charge < -0.3 is 51.6 Å². The largest absolute Gasteiger partial charge is 0.462 e. The monoisotopic (exact) mass is 464 g/mol. The third-order valence-electron chi connectivity index (χ3n) is 3.46. The Morgan fingerprint density at radius 3 is 1.31 bits per heavy atom. The van der Waals surface area contributed by atoms with Crippen LogP contribution in [0, 0.1) is 0 Å². The second-order valence-electron chi connectivity index (χ2n) is 6.21. The highest BCUT2D eigenvalue weighted by Crippen LogP contribution is 1.91. The van der Waals surface area contributed by atoms with Gasteiger partial charge in [0.05, 0.1) is 26.3 Å². The van der Waals surface area contributed by atoms with Crippen LogP contribution in [0.25, 0.3) is 0 Å². The van der Waals surface area contributed by atoms with Crippen molar-refractivity contribution in [2.45, 2.75) is 25.9 Å². The van der Waals surface area contributed by atoms with E-state index in [0.29, 0.717) is 0 Å². The maximum absolute atomic E-state index is 11.9. The maximum atomic E-state index is 11.9. The van der Waals surface area contributed by atoms with E-state index in [2.05, 4.69) is 31.9 Å². The van der Waals surface area contributed by atoms with Crippen LogP contribution >= 0.6 is 0 Å². The van der Waals surface area contributed by atoms with Crippen molar-refractivity contribution in [3.8, 4) is 0 Å². The molecule has 6 amide bonds. The molecule has 0 heterocycles. The molecule has 0 saturated carbocycles. The fourth-order valence-corrected chi connectivity index (χ4v) is 1.90. The number of nitrogens with one attached hydrogen (secondary N) is 6. The first-order chi connectivity index (χ1) is 15.2. The fraction of sp³-hybridized carbons (Fsp3) is 0.706. The van der Waals surface area contributed by atoms with E-state index in [1.54, 1.807) is 0 Å².